The molecule has 1 N–H and O–H groups in total. The van der Waals surface area contributed by atoms with Crippen LogP contribution in [0.25, 0.3) is 0 Å². The summed E-state index contributed by atoms with van der Waals surface area (Å²) in [5.74, 6) is 1.27. The van der Waals surface area contributed by atoms with E-state index in [1.165, 1.54) is 4.31 Å². The van der Waals surface area contributed by atoms with Gasteiger partial charge in [-0.3, -0.25) is 4.79 Å². The second-order valence-corrected chi connectivity index (χ2v) is 9.19. The largest absolute Gasteiger partial charge is 0.497 e. The van der Waals surface area contributed by atoms with Crippen LogP contribution in [-0.4, -0.2) is 51.2 Å². The first-order valence-corrected chi connectivity index (χ1v) is 11.7. The summed E-state index contributed by atoms with van der Waals surface area (Å²) in [4.78, 5) is 12.2. The van der Waals surface area contributed by atoms with Crippen molar-refractivity contribution in [3.63, 3.8) is 0 Å². The predicted octanol–water partition coefficient (Wildman–Crippen LogP) is 2.60. The molecule has 1 amide bonds. The topological polar surface area (TPSA) is 84.9 Å². The molecule has 0 atom stereocenters. The molecule has 0 aliphatic carbocycles. The fourth-order valence-electron chi connectivity index (χ4n) is 3.42. The fourth-order valence-corrected chi connectivity index (χ4v) is 4.90. The van der Waals surface area contributed by atoms with Gasteiger partial charge in [-0.25, -0.2) is 8.42 Å². The minimum absolute atomic E-state index is 0.00203. The first-order chi connectivity index (χ1) is 14.4. The number of carbonyl (C=O) groups is 1. The number of nitrogens with one attached hydrogen (secondary N) is 1. The molecule has 2 aromatic carbocycles. The fraction of sp³-hybridized carbons (Fsp3) is 0.409. The van der Waals surface area contributed by atoms with E-state index in [4.69, 9.17) is 9.47 Å². The number of rotatable bonds is 9. The molecular formula is C22H28N2O5S. The van der Waals surface area contributed by atoms with E-state index >= 15 is 0 Å². The molecule has 0 saturated carbocycles. The van der Waals surface area contributed by atoms with Crippen molar-refractivity contribution < 1.29 is 22.7 Å². The number of fused-ring (bicyclic) bond motifs is 1. The maximum atomic E-state index is 12.7. The number of hydrogen-bond donors (Lipinski definition) is 1. The molecule has 0 unspecified atom stereocenters. The average Bonchev–Trinajstić information content (AvgIpc) is 2.76. The van der Waals surface area contributed by atoms with Crippen LogP contribution < -0.4 is 14.8 Å². The van der Waals surface area contributed by atoms with Crippen molar-refractivity contribution >= 4 is 15.9 Å². The molecular weight excluding hydrogens is 404 g/mol. The second-order valence-electron chi connectivity index (χ2n) is 7.10. The molecule has 8 heteroatoms. The zero-order valence-electron chi connectivity index (χ0n) is 17.4. The number of nitrogens with zero attached hydrogens (tertiary/aromatic N) is 1. The Labute approximate surface area is 178 Å². The number of hydrogen-bond acceptors (Lipinski definition) is 5. The van der Waals surface area contributed by atoms with Crippen molar-refractivity contribution in [2.45, 2.75) is 26.3 Å². The molecule has 1 heterocycles. The van der Waals surface area contributed by atoms with Gasteiger partial charge in [-0.15, -0.1) is 0 Å². The van der Waals surface area contributed by atoms with E-state index in [9.17, 15) is 13.2 Å². The summed E-state index contributed by atoms with van der Waals surface area (Å²) in [6.45, 7) is 3.60. The zero-order valence-corrected chi connectivity index (χ0v) is 18.2. The lowest BCUT2D eigenvalue weighted by molar-refractivity contribution is 0.0953. The Morgan fingerprint density at radius 2 is 1.83 bits per heavy atom. The van der Waals surface area contributed by atoms with Crippen molar-refractivity contribution in [3.05, 3.63) is 59.2 Å². The highest BCUT2D eigenvalue weighted by molar-refractivity contribution is 7.89. The van der Waals surface area contributed by atoms with E-state index in [1.54, 1.807) is 31.4 Å². The average molecular weight is 433 g/mol. The molecule has 1 aliphatic heterocycles. The van der Waals surface area contributed by atoms with Crippen LogP contribution in [0.4, 0.5) is 0 Å². The van der Waals surface area contributed by atoms with Gasteiger partial charge < -0.3 is 14.8 Å². The summed E-state index contributed by atoms with van der Waals surface area (Å²) >= 11 is 0. The van der Waals surface area contributed by atoms with Crippen LogP contribution in [0.2, 0.25) is 0 Å². The number of methoxy groups -OCH3 is 1. The molecule has 30 heavy (non-hydrogen) atoms. The van der Waals surface area contributed by atoms with E-state index in [0.717, 1.165) is 16.9 Å². The highest BCUT2D eigenvalue weighted by Crippen LogP contribution is 2.25. The molecule has 0 bridgehead atoms. The minimum atomic E-state index is -3.38. The monoisotopic (exact) mass is 432 g/mol. The van der Waals surface area contributed by atoms with Crippen molar-refractivity contribution in [1.82, 2.24) is 9.62 Å². The third-order valence-corrected chi connectivity index (χ3v) is 6.98. The Hall–Kier alpha value is -2.58. The Morgan fingerprint density at radius 1 is 1.10 bits per heavy atom. The summed E-state index contributed by atoms with van der Waals surface area (Å²) in [6, 6.07) is 12.6. The lowest BCUT2D eigenvalue weighted by atomic mass is 10.0. The van der Waals surface area contributed by atoms with Gasteiger partial charge in [0, 0.05) is 25.2 Å². The molecule has 0 saturated heterocycles. The van der Waals surface area contributed by atoms with E-state index in [2.05, 4.69) is 5.32 Å². The van der Waals surface area contributed by atoms with E-state index in [-0.39, 0.29) is 11.7 Å². The Bertz CT molecular complexity index is 974. The predicted molar refractivity (Wildman–Crippen MR) is 115 cm³/mol. The number of benzene rings is 2. The molecule has 0 spiro atoms. The highest BCUT2D eigenvalue weighted by atomic mass is 32.2. The van der Waals surface area contributed by atoms with Gasteiger partial charge in [-0.1, -0.05) is 6.07 Å². The molecule has 7 nitrogen and oxygen atoms in total. The smallest absolute Gasteiger partial charge is 0.251 e. The maximum Gasteiger partial charge on any atom is 0.251 e. The summed E-state index contributed by atoms with van der Waals surface area (Å²) in [5, 5.41) is 2.78. The normalized spacial score (nSPS) is 14.1. The van der Waals surface area contributed by atoms with Crippen LogP contribution in [0, 0.1) is 0 Å². The molecule has 3 rings (SSSR count). The lowest BCUT2D eigenvalue weighted by Crippen LogP contribution is -2.38. The SMILES string of the molecule is CCOc1ccc(C(=O)NCCCS(=O)(=O)N2CCc3cc(OC)ccc3C2)cc1. The number of carbonyl (C=O) groups excluding carboxylic acids is 1. The van der Waals surface area contributed by atoms with Crippen LogP contribution >= 0.6 is 0 Å². The van der Waals surface area contributed by atoms with Gasteiger partial charge in [-0.05, 0) is 67.3 Å². The molecule has 0 radical (unpaired) electrons. The molecule has 0 fully saturated rings. The van der Waals surface area contributed by atoms with Crippen LogP contribution in [0.3, 0.4) is 0 Å². The first-order valence-electron chi connectivity index (χ1n) is 10.1. The Morgan fingerprint density at radius 3 is 2.53 bits per heavy atom. The number of ether oxygens (including phenoxy) is 2. The van der Waals surface area contributed by atoms with E-state index in [1.807, 2.05) is 25.1 Å². The lowest BCUT2D eigenvalue weighted by Gasteiger charge is -2.28. The molecule has 0 aromatic heterocycles. The van der Waals surface area contributed by atoms with Crippen molar-refractivity contribution in [2.75, 3.05) is 32.6 Å². The van der Waals surface area contributed by atoms with Gasteiger partial charge in [-0.2, -0.15) is 4.31 Å². The minimum Gasteiger partial charge on any atom is -0.497 e. The summed E-state index contributed by atoms with van der Waals surface area (Å²) in [5.41, 5.74) is 2.65. The third-order valence-electron chi connectivity index (χ3n) is 5.08. The van der Waals surface area contributed by atoms with Gasteiger partial charge in [0.2, 0.25) is 10.0 Å². The van der Waals surface area contributed by atoms with Gasteiger partial charge in [0.1, 0.15) is 11.5 Å². The standard InChI is InChI=1S/C22H28N2O5S/c1-3-29-20-8-5-17(6-9-20)22(25)23-12-4-14-30(26,27)24-13-11-18-15-21(28-2)10-7-19(18)16-24/h5-10,15H,3-4,11-14,16H2,1-2H3,(H,23,25). The van der Waals surface area contributed by atoms with Crippen molar-refractivity contribution in [2.24, 2.45) is 0 Å². The first kappa shape index (κ1) is 22.1. The second kappa shape index (κ2) is 9.95. The van der Waals surface area contributed by atoms with Crippen LogP contribution in [0.1, 0.15) is 34.8 Å². The van der Waals surface area contributed by atoms with Gasteiger partial charge in [0.05, 0.1) is 19.5 Å². The van der Waals surface area contributed by atoms with Gasteiger partial charge >= 0.3 is 0 Å². The molecule has 162 valence electrons. The quantitative estimate of drug-likeness (QED) is 0.616. The maximum absolute atomic E-state index is 12.7. The van der Waals surface area contributed by atoms with Crippen molar-refractivity contribution in [1.29, 1.82) is 0 Å². The zero-order chi connectivity index (χ0) is 21.6. The van der Waals surface area contributed by atoms with E-state index in [0.29, 0.717) is 50.4 Å². The number of amides is 1. The van der Waals surface area contributed by atoms with Crippen molar-refractivity contribution in [3.8, 4) is 11.5 Å². The van der Waals surface area contributed by atoms with Gasteiger partial charge in [0.15, 0.2) is 0 Å². The Kier molecular flexibility index (Phi) is 7.33. The third kappa shape index (κ3) is 5.52. The molecule has 2 aromatic rings. The summed E-state index contributed by atoms with van der Waals surface area (Å²) in [7, 11) is -1.76. The van der Waals surface area contributed by atoms with Crippen LogP contribution in [-0.2, 0) is 23.0 Å². The van der Waals surface area contributed by atoms with Gasteiger partial charge in [0.25, 0.3) is 5.91 Å². The van der Waals surface area contributed by atoms with E-state index < -0.39 is 10.0 Å². The number of sulfonamides is 1. The summed E-state index contributed by atoms with van der Waals surface area (Å²) in [6.07, 6.45) is 1.03. The summed E-state index contributed by atoms with van der Waals surface area (Å²) < 4.78 is 37.5. The van der Waals surface area contributed by atoms with Crippen LogP contribution in [0.5, 0.6) is 11.5 Å². The Balaban J connectivity index is 1.47. The highest BCUT2D eigenvalue weighted by Gasteiger charge is 2.26. The molecule has 1 aliphatic rings. The van der Waals surface area contributed by atoms with Crippen LogP contribution in [0.15, 0.2) is 42.5 Å².